The highest BCUT2D eigenvalue weighted by Gasteiger charge is 2.23. The van der Waals surface area contributed by atoms with Gasteiger partial charge in [-0.05, 0) is 45.3 Å². The van der Waals surface area contributed by atoms with E-state index < -0.39 is 0 Å². The first-order valence-corrected chi connectivity index (χ1v) is 8.15. The first-order chi connectivity index (χ1) is 11.2. The Morgan fingerprint density at radius 3 is 2.70 bits per heavy atom. The van der Waals surface area contributed by atoms with E-state index in [1.807, 2.05) is 48.9 Å². The van der Waals surface area contributed by atoms with Crippen molar-refractivity contribution in [1.29, 1.82) is 0 Å². The molecule has 1 aliphatic heterocycles. The number of nitrogens with one attached hydrogen (secondary N) is 2. The van der Waals surface area contributed by atoms with Crippen molar-refractivity contribution in [3.05, 3.63) is 47.3 Å². The molecule has 122 valence electrons. The number of hydrogen-bond donors (Lipinski definition) is 2. The second kappa shape index (κ2) is 6.91. The average Bonchev–Trinajstić information content (AvgIpc) is 2.98. The van der Waals surface area contributed by atoms with Gasteiger partial charge in [0.15, 0.2) is 5.69 Å². The van der Waals surface area contributed by atoms with Crippen LogP contribution in [0.3, 0.4) is 0 Å². The van der Waals surface area contributed by atoms with Crippen LogP contribution in [0.2, 0.25) is 0 Å². The van der Waals surface area contributed by atoms with Gasteiger partial charge in [0.25, 0.3) is 5.91 Å². The maximum Gasteiger partial charge on any atom is 0.274 e. The summed E-state index contributed by atoms with van der Waals surface area (Å²) >= 11 is 0. The fourth-order valence-electron chi connectivity index (χ4n) is 3.04. The van der Waals surface area contributed by atoms with Gasteiger partial charge in [-0.3, -0.25) is 4.79 Å². The first kappa shape index (κ1) is 15.7. The zero-order chi connectivity index (χ0) is 16.2. The SMILES string of the molecule is Cc1c(C(=O)NC(C)c2ccccc2)nnn1C1CCNCC1. The fourth-order valence-corrected chi connectivity index (χ4v) is 3.04. The summed E-state index contributed by atoms with van der Waals surface area (Å²) in [7, 11) is 0. The van der Waals surface area contributed by atoms with Gasteiger partial charge in [-0.15, -0.1) is 5.10 Å². The highest BCUT2D eigenvalue weighted by Crippen LogP contribution is 2.20. The van der Waals surface area contributed by atoms with Crippen LogP contribution >= 0.6 is 0 Å². The molecule has 1 aromatic heterocycles. The summed E-state index contributed by atoms with van der Waals surface area (Å²) in [6.07, 6.45) is 2.04. The summed E-state index contributed by atoms with van der Waals surface area (Å²) in [5, 5.41) is 14.7. The van der Waals surface area contributed by atoms with Crippen molar-refractivity contribution >= 4 is 5.91 Å². The summed E-state index contributed by atoms with van der Waals surface area (Å²) in [5.41, 5.74) is 2.34. The Hall–Kier alpha value is -2.21. The van der Waals surface area contributed by atoms with Gasteiger partial charge in [-0.25, -0.2) is 4.68 Å². The molecule has 1 aromatic carbocycles. The smallest absolute Gasteiger partial charge is 0.274 e. The second-order valence-corrected chi connectivity index (χ2v) is 6.06. The molecule has 1 amide bonds. The Kier molecular flexibility index (Phi) is 4.71. The summed E-state index contributed by atoms with van der Waals surface area (Å²) in [5.74, 6) is -0.168. The minimum atomic E-state index is -0.168. The number of nitrogens with zero attached hydrogens (tertiary/aromatic N) is 3. The molecule has 6 nitrogen and oxygen atoms in total. The van der Waals surface area contributed by atoms with Crippen LogP contribution in [0.1, 0.15) is 53.6 Å². The topological polar surface area (TPSA) is 71.8 Å². The van der Waals surface area contributed by atoms with Crippen LogP contribution in [-0.4, -0.2) is 34.0 Å². The normalized spacial score (nSPS) is 17.0. The molecule has 23 heavy (non-hydrogen) atoms. The number of rotatable bonds is 4. The molecule has 0 radical (unpaired) electrons. The van der Waals surface area contributed by atoms with Crippen molar-refractivity contribution in [3.8, 4) is 0 Å². The molecule has 1 saturated heterocycles. The molecule has 0 aliphatic carbocycles. The molecule has 1 atom stereocenters. The summed E-state index contributed by atoms with van der Waals surface area (Å²) in [6, 6.07) is 10.2. The monoisotopic (exact) mass is 313 g/mol. The van der Waals surface area contributed by atoms with E-state index in [0.717, 1.165) is 37.2 Å². The van der Waals surface area contributed by atoms with E-state index in [-0.39, 0.29) is 11.9 Å². The molecule has 0 saturated carbocycles. The molecule has 1 unspecified atom stereocenters. The van der Waals surface area contributed by atoms with Crippen molar-refractivity contribution in [2.75, 3.05) is 13.1 Å². The lowest BCUT2D eigenvalue weighted by molar-refractivity contribution is 0.0934. The van der Waals surface area contributed by atoms with Crippen molar-refractivity contribution in [3.63, 3.8) is 0 Å². The largest absolute Gasteiger partial charge is 0.344 e. The van der Waals surface area contributed by atoms with Gasteiger partial charge in [-0.1, -0.05) is 35.5 Å². The Morgan fingerprint density at radius 2 is 2.00 bits per heavy atom. The van der Waals surface area contributed by atoms with E-state index in [0.29, 0.717) is 11.7 Å². The lowest BCUT2D eigenvalue weighted by atomic mass is 10.1. The highest BCUT2D eigenvalue weighted by molar-refractivity contribution is 5.93. The van der Waals surface area contributed by atoms with E-state index in [1.54, 1.807) is 0 Å². The van der Waals surface area contributed by atoms with Gasteiger partial charge >= 0.3 is 0 Å². The molecule has 0 bridgehead atoms. The molecule has 2 heterocycles. The summed E-state index contributed by atoms with van der Waals surface area (Å²) in [4.78, 5) is 12.5. The molecular weight excluding hydrogens is 290 g/mol. The Bertz CT molecular complexity index is 661. The lowest BCUT2D eigenvalue weighted by Gasteiger charge is -2.23. The summed E-state index contributed by atoms with van der Waals surface area (Å²) < 4.78 is 1.91. The average molecular weight is 313 g/mol. The quantitative estimate of drug-likeness (QED) is 0.905. The van der Waals surface area contributed by atoms with E-state index >= 15 is 0 Å². The minimum Gasteiger partial charge on any atom is -0.344 e. The number of carbonyl (C=O) groups is 1. The van der Waals surface area contributed by atoms with Crippen molar-refractivity contribution in [2.45, 2.75) is 38.8 Å². The van der Waals surface area contributed by atoms with Crippen LogP contribution in [0, 0.1) is 6.92 Å². The molecular formula is C17H23N5O. The minimum absolute atomic E-state index is 0.0628. The van der Waals surface area contributed by atoms with Crippen molar-refractivity contribution < 1.29 is 4.79 Å². The molecule has 0 spiro atoms. The fraction of sp³-hybridized carbons (Fsp3) is 0.471. The molecule has 1 fully saturated rings. The Morgan fingerprint density at radius 1 is 1.30 bits per heavy atom. The van der Waals surface area contributed by atoms with E-state index in [4.69, 9.17) is 0 Å². The van der Waals surface area contributed by atoms with Crippen LogP contribution in [0.25, 0.3) is 0 Å². The standard InChI is InChI=1S/C17H23N5O/c1-12(14-6-4-3-5-7-14)19-17(23)16-13(2)22(21-20-16)15-8-10-18-11-9-15/h3-7,12,15,18H,8-11H2,1-2H3,(H,19,23). The third kappa shape index (κ3) is 3.42. The molecule has 2 aromatic rings. The molecule has 1 aliphatic rings. The van der Waals surface area contributed by atoms with Crippen LogP contribution in [0.15, 0.2) is 30.3 Å². The van der Waals surface area contributed by atoms with Crippen molar-refractivity contribution in [2.24, 2.45) is 0 Å². The van der Waals surface area contributed by atoms with Gasteiger partial charge in [0.05, 0.1) is 17.8 Å². The van der Waals surface area contributed by atoms with E-state index in [9.17, 15) is 4.79 Å². The van der Waals surface area contributed by atoms with E-state index in [1.165, 1.54) is 0 Å². The van der Waals surface area contributed by atoms with Crippen LogP contribution < -0.4 is 10.6 Å². The van der Waals surface area contributed by atoms with Crippen LogP contribution in [0.5, 0.6) is 0 Å². The zero-order valence-corrected chi connectivity index (χ0v) is 13.6. The van der Waals surface area contributed by atoms with Crippen LogP contribution in [-0.2, 0) is 0 Å². The maximum absolute atomic E-state index is 12.5. The highest BCUT2D eigenvalue weighted by atomic mass is 16.2. The predicted octanol–water partition coefficient (Wildman–Crippen LogP) is 2.00. The van der Waals surface area contributed by atoms with Gasteiger partial charge in [-0.2, -0.15) is 0 Å². The first-order valence-electron chi connectivity index (χ1n) is 8.15. The van der Waals surface area contributed by atoms with Gasteiger partial charge in [0, 0.05) is 0 Å². The number of piperidine rings is 1. The predicted molar refractivity (Wildman–Crippen MR) is 88.2 cm³/mol. The number of carbonyl (C=O) groups excluding carboxylic acids is 1. The van der Waals surface area contributed by atoms with Gasteiger partial charge in [0.1, 0.15) is 0 Å². The third-order valence-corrected chi connectivity index (χ3v) is 4.44. The number of hydrogen-bond acceptors (Lipinski definition) is 4. The lowest BCUT2D eigenvalue weighted by Crippen LogP contribution is -2.31. The van der Waals surface area contributed by atoms with Gasteiger partial charge in [0.2, 0.25) is 0 Å². The van der Waals surface area contributed by atoms with Crippen molar-refractivity contribution in [1.82, 2.24) is 25.6 Å². The third-order valence-electron chi connectivity index (χ3n) is 4.44. The zero-order valence-electron chi connectivity index (χ0n) is 13.6. The molecule has 6 heteroatoms. The molecule has 2 N–H and O–H groups in total. The Labute approximate surface area is 136 Å². The summed E-state index contributed by atoms with van der Waals surface area (Å²) in [6.45, 7) is 5.86. The number of aromatic nitrogens is 3. The van der Waals surface area contributed by atoms with E-state index in [2.05, 4.69) is 20.9 Å². The second-order valence-electron chi connectivity index (χ2n) is 6.06. The Balaban J connectivity index is 1.71. The van der Waals surface area contributed by atoms with Crippen LogP contribution in [0.4, 0.5) is 0 Å². The molecule has 3 rings (SSSR count). The maximum atomic E-state index is 12.5. The number of benzene rings is 1. The number of amides is 1. The van der Waals surface area contributed by atoms with Gasteiger partial charge < -0.3 is 10.6 Å².